The van der Waals surface area contributed by atoms with E-state index in [1.807, 2.05) is 0 Å². The molecule has 0 heterocycles. The molecule has 0 atom stereocenters. The minimum atomic E-state index is -0.833. The molecule has 0 rings (SSSR count). The Hall–Kier alpha value is 0.576. The van der Waals surface area contributed by atoms with Crippen LogP contribution in [0.1, 0.15) is 52.4 Å². The molecule has 0 aromatic heterocycles. The van der Waals surface area contributed by atoms with Gasteiger partial charge in [-0.15, -0.1) is 0 Å². The standard InChI is InChI=1S/C8H16O2.C2H4O2.K.H/c1-2-3-4-5-6-7-8(9)10;1-2(3)4;;/h2-7H2,1H3,(H,9,10);1H3,(H,3,4);;. The van der Waals surface area contributed by atoms with Crippen LogP contribution < -0.4 is 0 Å². The molecule has 0 aliphatic heterocycles. The molecule has 0 aromatic carbocycles. The molecule has 0 aliphatic rings. The topological polar surface area (TPSA) is 74.6 Å². The van der Waals surface area contributed by atoms with E-state index >= 15 is 0 Å². The van der Waals surface area contributed by atoms with Crippen LogP contribution in [0.2, 0.25) is 0 Å². The van der Waals surface area contributed by atoms with E-state index in [2.05, 4.69) is 6.92 Å². The first-order valence-electron chi connectivity index (χ1n) is 4.92. The van der Waals surface area contributed by atoms with Gasteiger partial charge in [-0.1, -0.05) is 32.6 Å². The summed E-state index contributed by atoms with van der Waals surface area (Å²) in [7, 11) is 0. The van der Waals surface area contributed by atoms with Gasteiger partial charge in [0, 0.05) is 13.3 Å². The van der Waals surface area contributed by atoms with Crippen LogP contribution in [-0.2, 0) is 9.59 Å². The molecular weight excluding hydrogens is 223 g/mol. The Morgan fingerprint density at radius 1 is 1.00 bits per heavy atom. The van der Waals surface area contributed by atoms with Crippen molar-refractivity contribution in [3.05, 3.63) is 0 Å². The molecule has 0 radical (unpaired) electrons. The SMILES string of the molecule is CC(=O)O.CCCCCCCC(=O)O.[KH]. The molecule has 0 bridgehead atoms. The third-order valence-corrected chi connectivity index (χ3v) is 1.49. The molecule has 0 saturated heterocycles. The van der Waals surface area contributed by atoms with Gasteiger partial charge in [0.05, 0.1) is 0 Å². The Kier molecular flexibility index (Phi) is 23.7. The fourth-order valence-corrected chi connectivity index (χ4v) is 0.880. The first-order valence-corrected chi connectivity index (χ1v) is 4.92. The summed E-state index contributed by atoms with van der Waals surface area (Å²) in [5, 5.41) is 15.7. The summed E-state index contributed by atoms with van der Waals surface area (Å²) >= 11 is 0. The Morgan fingerprint density at radius 2 is 1.40 bits per heavy atom. The van der Waals surface area contributed by atoms with Gasteiger partial charge in [-0.3, -0.25) is 9.59 Å². The van der Waals surface area contributed by atoms with E-state index in [9.17, 15) is 4.79 Å². The van der Waals surface area contributed by atoms with E-state index in [0.717, 1.165) is 19.8 Å². The zero-order valence-corrected chi connectivity index (χ0v) is 8.95. The normalized spacial score (nSPS) is 8.13. The summed E-state index contributed by atoms with van der Waals surface area (Å²) < 4.78 is 0. The molecule has 2 N–H and O–H groups in total. The zero-order chi connectivity index (χ0) is 11.4. The van der Waals surface area contributed by atoms with E-state index in [-0.39, 0.29) is 51.4 Å². The second-order valence-corrected chi connectivity index (χ2v) is 3.08. The van der Waals surface area contributed by atoms with E-state index in [4.69, 9.17) is 15.0 Å². The molecule has 0 unspecified atom stereocenters. The summed E-state index contributed by atoms with van der Waals surface area (Å²) in [4.78, 5) is 19.0. The predicted octanol–water partition coefficient (Wildman–Crippen LogP) is 1.87. The van der Waals surface area contributed by atoms with Gasteiger partial charge >= 0.3 is 57.4 Å². The number of hydrogen-bond acceptors (Lipinski definition) is 2. The second-order valence-electron chi connectivity index (χ2n) is 3.08. The minimum absolute atomic E-state index is 0. The Morgan fingerprint density at radius 3 is 1.73 bits per heavy atom. The van der Waals surface area contributed by atoms with Crippen molar-refractivity contribution >= 4 is 63.3 Å². The van der Waals surface area contributed by atoms with Gasteiger partial charge in [0.25, 0.3) is 5.97 Å². The fourth-order valence-electron chi connectivity index (χ4n) is 0.880. The van der Waals surface area contributed by atoms with Crippen LogP contribution in [0, 0.1) is 0 Å². The molecule has 86 valence electrons. The predicted molar refractivity (Wildman–Crippen MR) is 61.5 cm³/mol. The molecule has 0 fully saturated rings. The van der Waals surface area contributed by atoms with E-state index in [1.165, 1.54) is 19.3 Å². The maximum absolute atomic E-state index is 10.0. The molecular formula is C10H21KO4. The molecule has 4 nitrogen and oxygen atoms in total. The van der Waals surface area contributed by atoms with Gasteiger partial charge in [0.15, 0.2) is 0 Å². The third-order valence-electron chi connectivity index (χ3n) is 1.49. The monoisotopic (exact) mass is 244 g/mol. The van der Waals surface area contributed by atoms with Gasteiger partial charge in [-0.05, 0) is 6.42 Å². The number of hydrogen-bond donors (Lipinski definition) is 2. The number of carbonyl (C=O) groups is 2. The number of aliphatic carboxylic acids is 2. The van der Waals surface area contributed by atoms with Gasteiger partial charge in [-0.25, -0.2) is 0 Å². The number of rotatable bonds is 6. The summed E-state index contributed by atoms with van der Waals surface area (Å²) in [6.07, 6.45) is 5.88. The van der Waals surface area contributed by atoms with Crippen molar-refractivity contribution in [1.82, 2.24) is 0 Å². The Labute approximate surface area is 134 Å². The van der Waals surface area contributed by atoms with Crippen molar-refractivity contribution < 1.29 is 19.8 Å². The van der Waals surface area contributed by atoms with E-state index in [1.54, 1.807) is 0 Å². The second kappa shape index (κ2) is 17.0. The summed E-state index contributed by atoms with van der Waals surface area (Å²) in [5.41, 5.74) is 0. The molecule has 0 amide bonds. The molecule has 0 spiro atoms. The van der Waals surface area contributed by atoms with Gasteiger partial charge in [0.2, 0.25) is 0 Å². The van der Waals surface area contributed by atoms with Crippen molar-refractivity contribution in [3.8, 4) is 0 Å². The quantitative estimate of drug-likeness (QED) is 0.552. The van der Waals surface area contributed by atoms with Crippen LogP contribution in [-0.4, -0.2) is 73.5 Å². The van der Waals surface area contributed by atoms with Gasteiger partial charge < -0.3 is 10.2 Å². The molecule has 15 heavy (non-hydrogen) atoms. The number of unbranched alkanes of at least 4 members (excludes halogenated alkanes) is 4. The van der Waals surface area contributed by atoms with Crippen molar-refractivity contribution in [1.29, 1.82) is 0 Å². The number of carboxylic acids is 2. The average molecular weight is 244 g/mol. The molecule has 5 heteroatoms. The van der Waals surface area contributed by atoms with Crippen LogP contribution in [0.5, 0.6) is 0 Å². The van der Waals surface area contributed by atoms with Crippen molar-refractivity contribution in [2.45, 2.75) is 52.4 Å². The average Bonchev–Trinajstić information content (AvgIpc) is 2.02. The van der Waals surface area contributed by atoms with Crippen molar-refractivity contribution in [3.63, 3.8) is 0 Å². The summed E-state index contributed by atoms with van der Waals surface area (Å²) in [6.45, 7) is 3.23. The number of carboxylic acid groups (broad SMARTS) is 2. The zero-order valence-electron chi connectivity index (χ0n) is 8.95. The van der Waals surface area contributed by atoms with Crippen LogP contribution >= 0.6 is 0 Å². The van der Waals surface area contributed by atoms with Crippen molar-refractivity contribution in [2.75, 3.05) is 0 Å². The van der Waals surface area contributed by atoms with Crippen LogP contribution in [0.25, 0.3) is 0 Å². The van der Waals surface area contributed by atoms with Crippen LogP contribution in [0.15, 0.2) is 0 Å². The van der Waals surface area contributed by atoms with E-state index in [0.29, 0.717) is 6.42 Å². The molecule has 0 aromatic rings. The maximum atomic E-state index is 10.0. The molecule has 0 saturated carbocycles. The third kappa shape index (κ3) is 40.2. The first kappa shape index (κ1) is 20.9. The van der Waals surface area contributed by atoms with Crippen LogP contribution in [0.4, 0.5) is 0 Å². The fraction of sp³-hybridized carbons (Fsp3) is 0.800. The van der Waals surface area contributed by atoms with Gasteiger partial charge in [0.1, 0.15) is 0 Å². The Balaban J connectivity index is -0.000000249. The van der Waals surface area contributed by atoms with E-state index < -0.39 is 11.9 Å². The van der Waals surface area contributed by atoms with Gasteiger partial charge in [-0.2, -0.15) is 0 Å². The van der Waals surface area contributed by atoms with Crippen molar-refractivity contribution in [2.24, 2.45) is 0 Å². The molecule has 0 aliphatic carbocycles. The van der Waals surface area contributed by atoms with Crippen LogP contribution in [0.3, 0.4) is 0 Å². The summed E-state index contributed by atoms with van der Waals surface area (Å²) in [6, 6.07) is 0. The Bertz CT molecular complexity index is 156. The first-order chi connectivity index (χ1) is 6.50. The summed E-state index contributed by atoms with van der Waals surface area (Å²) in [5.74, 6) is -1.50.